The summed E-state index contributed by atoms with van der Waals surface area (Å²) in [6.45, 7) is 0. The highest BCUT2D eigenvalue weighted by atomic mass is 15.0. The zero-order chi connectivity index (χ0) is 25.8. The summed E-state index contributed by atoms with van der Waals surface area (Å²) in [5.74, 6) is 0. The fourth-order valence-corrected chi connectivity index (χ4v) is 5.67. The van der Waals surface area contributed by atoms with Gasteiger partial charge in [-0.25, -0.2) is 0 Å². The maximum Gasteiger partial charge on any atom is 0.101 e. The third-order valence-electron chi connectivity index (χ3n) is 7.22. The summed E-state index contributed by atoms with van der Waals surface area (Å²) >= 11 is 0. The second-order valence-electron chi connectivity index (χ2n) is 9.14. The Labute approximate surface area is 217 Å². The van der Waals surface area contributed by atoms with Crippen LogP contribution >= 0.6 is 0 Å². The summed E-state index contributed by atoms with van der Waals surface area (Å²) in [6, 6.07) is 40.3. The normalized spacial score (nSPS) is 11.1. The van der Waals surface area contributed by atoms with Gasteiger partial charge in [-0.05, 0) is 54.6 Å². The summed E-state index contributed by atoms with van der Waals surface area (Å²) in [5, 5.41) is 33.6. The van der Waals surface area contributed by atoms with Gasteiger partial charge in [0.25, 0.3) is 0 Å². The molecule has 0 fully saturated rings. The van der Waals surface area contributed by atoms with Crippen LogP contribution in [-0.2, 0) is 0 Å². The SMILES string of the molecule is N#Cc1ccc(-n2c3ccccc3c3c2ccc2c4ccccc4n(-c4c(C#N)cccc4C#N)c23)cc1. The molecule has 0 saturated carbocycles. The molecule has 38 heavy (non-hydrogen) atoms. The molecule has 5 aromatic carbocycles. The molecular formula is C33H17N5. The zero-order valence-corrected chi connectivity index (χ0v) is 20.1. The van der Waals surface area contributed by atoms with E-state index in [0.29, 0.717) is 22.4 Å². The lowest BCUT2D eigenvalue weighted by atomic mass is 10.1. The Balaban J connectivity index is 1.75. The van der Waals surface area contributed by atoms with Crippen molar-refractivity contribution in [2.75, 3.05) is 0 Å². The lowest BCUT2D eigenvalue weighted by Gasteiger charge is -2.13. The summed E-state index contributed by atoms with van der Waals surface area (Å²) < 4.78 is 4.29. The highest BCUT2D eigenvalue weighted by Crippen LogP contribution is 2.42. The van der Waals surface area contributed by atoms with Gasteiger partial charge in [0.2, 0.25) is 0 Å². The first-order chi connectivity index (χ1) is 18.7. The fraction of sp³-hybridized carbons (Fsp3) is 0. The Morgan fingerprint density at radius 1 is 0.474 bits per heavy atom. The minimum absolute atomic E-state index is 0.444. The van der Waals surface area contributed by atoms with Crippen LogP contribution in [0.25, 0.3) is 55.0 Å². The van der Waals surface area contributed by atoms with Crippen LogP contribution in [0.1, 0.15) is 16.7 Å². The largest absolute Gasteiger partial charge is 0.309 e. The third-order valence-corrected chi connectivity index (χ3v) is 7.22. The van der Waals surface area contributed by atoms with Crippen LogP contribution in [0.3, 0.4) is 0 Å². The summed E-state index contributed by atoms with van der Waals surface area (Å²) in [4.78, 5) is 0. The smallest absolute Gasteiger partial charge is 0.101 e. The zero-order valence-electron chi connectivity index (χ0n) is 20.1. The first-order valence-electron chi connectivity index (χ1n) is 12.1. The quantitative estimate of drug-likeness (QED) is 0.255. The molecule has 174 valence electrons. The molecule has 0 amide bonds. The molecule has 0 radical (unpaired) electrons. The Hall–Kier alpha value is -5.83. The lowest BCUT2D eigenvalue weighted by molar-refractivity contribution is 1.16. The van der Waals surface area contributed by atoms with Gasteiger partial charge in [0.1, 0.15) is 12.1 Å². The van der Waals surface area contributed by atoms with E-state index in [9.17, 15) is 15.8 Å². The van der Waals surface area contributed by atoms with Crippen LogP contribution in [0.5, 0.6) is 0 Å². The van der Waals surface area contributed by atoms with Crippen molar-refractivity contribution in [1.29, 1.82) is 15.8 Å². The number of rotatable bonds is 2. The van der Waals surface area contributed by atoms with Crippen molar-refractivity contribution in [2.45, 2.75) is 0 Å². The minimum Gasteiger partial charge on any atom is -0.309 e. The maximum absolute atomic E-state index is 10.1. The van der Waals surface area contributed by atoms with Crippen molar-refractivity contribution >= 4 is 43.6 Å². The van der Waals surface area contributed by atoms with E-state index in [1.807, 2.05) is 54.6 Å². The van der Waals surface area contributed by atoms with Gasteiger partial charge in [-0.1, -0.05) is 48.5 Å². The molecule has 0 aliphatic carbocycles. The van der Waals surface area contributed by atoms with Crippen LogP contribution in [0.15, 0.2) is 103 Å². The summed E-state index contributed by atoms with van der Waals surface area (Å²) in [7, 11) is 0. The van der Waals surface area contributed by atoms with E-state index in [2.05, 4.69) is 57.7 Å². The molecule has 0 aliphatic heterocycles. The number of hydrogen-bond acceptors (Lipinski definition) is 3. The van der Waals surface area contributed by atoms with Crippen LogP contribution < -0.4 is 0 Å². The Kier molecular flexibility index (Phi) is 4.57. The van der Waals surface area contributed by atoms with Gasteiger partial charge < -0.3 is 9.13 Å². The average Bonchev–Trinajstić information content (AvgIpc) is 3.49. The predicted molar refractivity (Wildman–Crippen MR) is 149 cm³/mol. The molecule has 5 heteroatoms. The number of nitriles is 3. The Morgan fingerprint density at radius 2 is 1.11 bits per heavy atom. The van der Waals surface area contributed by atoms with E-state index in [1.54, 1.807) is 18.2 Å². The van der Waals surface area contributed by atoms with Crippen LogP contribution in [0.4, 0.5) is 0 Å². The van der Waals surface area contributed by atoms with Gasteiger partial charge >= 0.3 is 0 Å². The monoisotopic (exact) mass is 483 g/mol. The molecular weight excluding hydrogens is 466 g/mol. The highest BCUT2D eigenvalue weighted by Gasteiger charge is 2.23. The highest BCUT2D eigenvalue weighted by molar-refractivity contribution is 6.26. The topological polar surface area (TPSA) is 81.2 Å². The van der Waals surface area contributed by atoms with Crippen LogP contribution in [-0.4, -0.2) is 9.13 Å². The molecule has 2 aromatic heterocycles. The van der Waals surface area contributed by atoms with E-state index in [0.717, 1.165) is 49.3 Å². The van der Waals surface area contributed by atoms with E-state index >= 15 is 0 Å². The average molecular weight is 484 g/mol. The van der Waals surface area contributed by atoms with Crippen molar-refractivity contribution in [2.24, 2.45) is 0 Å². The number of hydrogen-bond donors (Lipinski definition) is 0. The predicted octanol–water partition coefficient (Wildman–Crippen LogP) is 7.50. The second-order valence-corrected chi connectivity index (χ2v) is 9.14. The Morgan fingerprint density at radius 3 is 1.76 bits per heavy atom. The number of aromatic nitrogens is 2. The van der Waals surface area contributed by atoms with Gasteiger partial charge in [-0.15, -0.1) is 0 Å². The number of fused-ring (bicyclic) bond motifs is 7. The summed E-state index contributed by atoms with van der Waals surface area (Å²) in [5.41, 5.74) is 6.95. The molecule has 0 bridgehead atoms. The van der Waals surface area contributed by atoms with E-state index in [4.69, 9.17) is 0 Å². The van der Waals surface area contributed by atoms with Gasteiger partial charge in [-0.2, -0.15) is 15.8 Å². The number of para-hydroxylation sites is 3. The van der Waals surface area contributed by atoms with Crippen LogP contribution in [0.2, 0.25) is 0 Å². The van der Waals surface area contributed by atoms with E-state index < -0.39 is 0 Å². The summed E-state index contributed by atoms with van der Waals surface area (Å²) in [6.07, 6.45) is 0. The van der Waals surface area contributed by atoms with Gasteiger partial charge in [0, 0.05) is 27.2 Å². The molecule has 0 spiro atoms. The molecule has 0 unspecified atom stereocenters. The van der Waals surface area contributed by atoms with Gasteiger partial charge in [0.05, 0.1) is 50.5 Å². The van der Waals surface area contributed by atoms with Gasteiger partial charge in [0.15, 0.2) is 0 Å². The Bertz CT molecular complexity index is 2180. The van der Waals surface area contributed by atoms with Crippen molar-refractivity contribution in [3.63, 3.8) is 0 Å². The minimum atomic E-state index is 0.444. The standard InChI is InChI=1S/C33H17N5/c34-18-21-12-14-24(15-13-21)37-29-11-4-2-9-27(29)31-30(37)17-16-26-25-8-1-3-10-28(25)38(33(26)31)32-22(19-35)6-5-7-23(32)20-36/h1-17H. The van der Waals surface area contributed by atoms with Crippen molar-refractivity contribution < 1.29 is 0 Å². The number of benzene rings is 5. The second kappa shape index (κ2) is 8.10. The number of nitrogens with zero attached hydrogens (tertiary/aromatic N) is 5. The maximum atomic E-state index is 10.1. The third kappa shape index (κ3) is 2.83. The first kappa shape index (κ1) is 21.5. The molecule has 0 aliphatic rings. The molecule has 0 saturated heterocycles. The lowest BCUT2D eigenvalue weighted by Crippen LogP contribution is -2.01. The van der Waals surface area contributed by atoms with Crippen molar-refractivity contribution in [1.82, 2.24) is 9.13 Å². The van der Waals surface area contributed by atoms with Crippen LogP contribution in [0, 0.1) is 34.0 Å². The molecule has 7 aromatic rings. The fourth-order valence-electron chi connectivity index (χ4n) is 5.67. The van der Waals surface area contributed by atoms with Gasteiger partial charge in [-0.3, -0.25) is 0 Å². The van der Waals surface area contributed by atoms with E-state index in [1.165, 1.54) is 0 Å². The van der Waals surface area contributed by atoms with Crippen molar-refractivity contribution in [3.8, 4) is 29.6 Å². The van der Waals surface area contributed by atoms with E-state index in [-0.39, 0.29) is 0 Å². The molecule has 2 heterocycles. The molecule has 0 N–H and O–H groups in total. The molecule has 5 nitrogen and oxygen atoms in total. The van der Waals surface area contributed by atoms with Crippen molar-refractivity contribution in [3.05, 3.63) is 120 Å². The molecule has 0 atom stereocenters. The first-order valence-corrected chi connectivity index (χ1v) is 12.1. The molecule has 7 rings (SSSR count).